The van der Waals surface area contributed by atoms with Gasteiger partial charge < -0.3 is 0 Å². The summed E-state index contributed by atoms with van der Waals surface area (Å²) in [7, 11) is 0. The zero-order chi connectivity index (χ0) is 8.67. The fraction of sp³-hybridized carbons (Fsp3) is 1.00. The molecule has 3 rings (SSSR count). The molecule has 0 aromatic carbocycles. The van der Waals surface area contributed by atoms with E-state index in [0.717, 1.165) is 11.8 Å². The van der Waals surface area contributed by atoms with Crippen LogP contribution in [0.1, 0.15) is 57.8 Å². The van der Waals surface area contributed by atoms with Crippen LogP contribution in [0.3, 0.4) is 0 Å². The van der Waals surface area contributed by atoms with Crippen LogP contribution in [0, 0.1) is 23.7 Å². The lowest BCUT2D eigenvalue weighted by Gasteiger charge is -2.32. The third kappa shape index (κ3) is 1.65. The SMILES string of the molecule is C1CCC(C2CCC3CC3C2)CC1. The minimum absolute atomic E-state index is 1.15. The van der Waals surface area contributed by atoms with E-state index in [1.54, 1.807) is 38.5 Å². The predicted molar refractivity (Wildman–Crippen MR) is 55.5 cm³/mol. The van der Waals surface area contributed by atoms with Gasteiger partial charge in [0.1, 0.15) is 0 Å². The second-order valence-electron chi connectivity index (χ2n) is 5.73. The van der Waals surface area contributed by atoms with E-state index in [1.165, 1.54) is 31.1 Å². The molecule has 0 aliphatic heterocycles. The Balaban J connectivity index is 1.57. The van der Waals surface area contributed by atoms with Crippen molar-refractivity contribution in [1.82, 2.24) is 0 Å². The molecular weight excluding hydrogens is 156 g/mol. The van der Waals surface area contributed by atoms with E-state index in [2.05, 4.69) is 0 Å². The summed E-state index contributed by atoms with van der Waals surface area (Å²) in [5.41, 5.74) is 0. The third-order valence-corrected chi connectivity index (χ3v) is 4.90. The first-order valence-corrected chi connectivity index (χ1v) is 6.43. The largest absolute Gasteiger partial charge is 0.0533 e. The zero-order valence-corrected chi connectivity index (χ0v) is 8.67. The van der Waals surface area contributed by atoms with Gasteiger partial charge in [0, 0.05) is 0 Å². The lowest BCUT2D eigenvalue weighted by Crippen LogP contribution is -2.21. The molecule has 0 radical (unpaired) electrons. The van der Waals surface area contributed by atoms with E-state index in [0.29, 0.717) is 0 Å². The Morgan fingerprint density at radius 3 is 1.69 bits per heavy atom. The smallest absolute Gasteiger partial charge is 0.0380 e. The lowest BCUT2D eigenvalue weighted by atomic mass is 9.73. The van der Waals surface area contributed by atoms with Crippen molar-refractivity contribution < 1.29 is 0 Å². The maximum atomic E-state index is 1.62. The quantitative estimate of drug-likeness (QED) is 0.569. The van der Waals surface area contributed by atoms with Crippen LogP contribution in [0.25, 0.3) is 0 Å². The Kier molecular flexibility index (Phi) is 2.11. The molecule has 0 nitrogen and oxygen atoms in total. The molecule has 3 unspecified atom stereocenters. The minimum atomic E-state index is 1.15. The van der Waals surface area contributed by atoms with Crippen LogP contribution in [-0.4, -0.2) is 0 Å². The molecule has 3 fully saturated rings. The summed E-state index contributed by atoms with van der Waals surface area (Å²) in [4.78, 5) is 0. The molecule has 3 saturated carbocycles. The van der Waals surface area contributed by atoms with Crippen LogP contribution in [0.2, 0.25) is 0 Å². The van der Waals surface area contributed by atoms with E-state index < -0.39 is 0 Å². The fourth-order valence-corrected chi connectivity index (χ4v) is 3.92. The van der Waals surface area contributed by atoms with Crippen molar-refractivity contribution in [1.29, 1.82) is 0 Å². The highest BCUT2D eigenvalue weighted by Crippen LogP contribution is 2.54. The molecular formula is C13H22. The van der Waals surface area contributed by atoms with Gasteiger partial charge in [0.05, 0.1) is 0 Å². The van der Waals surface area contributed by atoms with Crippen molar-refractivity contribution >= 4 is 0 Å². The highest BCUT2D eigenvalue weighted by atomic mass is 14.5. The predicted octanol–water partition coefficient (Wildman–Crippen LogP) is 4.00. The number of hydrogen-bond donors (Lipinski definition) is 0. The summed E-state index contributed by atoms with van der Waals surface area (Å²) in [5.74, 6) is 4.69. The van der Waals surface area contributed by atoms with Crippen LogP contribution in [0.15, 0.2) is 0 Å². The number of fused-ring (bicyclic) bond motifs is 1. The Labute approximate surface area is 82.1 Å². The van der Waals surface area contributed by atoms with Crippen molar-refractivity contribution in [3.63, 3.8) is 0 Å². The molecule has 13 heavy (non-hydrogen) atoms. The maximum Gasteiger partial charge on any atom is -0.0380 e. The van der Waals surface area contributed by atoms with Gasteiger partial charge in [0.25, 0.3) is 0 Å². The van der Waals surface area contributed by atoms with Gasteiger partial charge >= 0.3 is 0 Å². The zero-order valence-electron chi connectivity index (χ0n) is 8.67. The second kappa shape index (κ2) is 3.29. The van der Waals surface area contributed by atoms with Crippen molar-refractivity contribution in [2.45, 2.75) is 57.8 Å². The third-order valence-electron chi connectivity index (χ3n) is 4.90. The summed E-state index contributed by atoms with van der Waals surface area (Å²) >= 11 is 0. The van der Waals surface area contributed by atoms with Crippen molar-refractivity contribution in [2.75, 3.05) is 0 Å². The van der Waals surface area contributed by atoms with Gasteiger partial charge in [-0.2, -0.15) is 0 Å². The van der Waals surface area contributed by atoms with E-state index in [1.807, 2.05) is 0 Å². The molecule has 0 amide bonds. The molecule has 3 atom stereocenters. The van der Waals surface area contributed by atoms with E-state index in [9.17, 15) is 0 Å². The molecule has 0 spiro atoms. The van der Waals surface area contributed by atoms with Crippen LogP contribution in [0.5, 0.6) is 0 Å². The fourth-order valence-electron chi connectivity index (χ4n) is 3.92. The molecule has 3 aliphatic rings. The Morgan fingerprint density at radius 2 is 1.08 bits per heavy atom. The van der Waals surface area contributed by atoms with Crippen molar-refractivity contribution in [2.24, 2.45) is 23.7 Å². The van der Waals surface area contributed by atoms with E-state index in [-0.39, 0.29) is 0 Å². The Morgan fingerprint density at radius 1 is 0.462 bits per heavy atom. The molecule has 0 heterocycles. The first kappa shape index (κ1) is 8.32. The summed E-state index contributed by atoms with van der Waals surface area (Å²) in [6, 6.07) is 0. The summed E-state index contributed by atoms with van der Waals surface area (Å²) < 4.78 is 0. The molecule has 0 aromatic heterocycles. The summed E-state index contributed by atoms with van der Waals surface area (Å²) in [5, 5.41) is 0. The van der Waals surface area contributed by atoms with Crippen LogP contribution in [-0.2, 0) is 0 Å². The van der Waals surface area contributed by atoms with Gasteiger partial charge in [-0.05, 0) is 49.4 Å². The summed E-state index contributed by atoms with van der Waals surface area (Å²) in [6.07, 6.45) is 14.1. The Hall–Kier alpha value is 0. The van der Waals surface area contributed by atoms with Crippen molar-refractivity contribution in [3.8, 4) is 0 Å². The van der Waals surface area contributed by atoms with Crippen LogP contribution >= 0.6 is 0 Å². The standard InChI is InChI=1S/C13H22/c1-2-4-10(5-3-1)11-6-7-12-9-13(12)8-11/h10-13H,1-9H2. The topological polar surface area (TPSA) is 0 Å². The van der Waals surface area contributed by atoms with Crippen LogP contribution in [0.4, 0.5) is 0 Å². The van der Waals surface area contributed by atoms with Gasteiger partial charge in [0.15, 0.2) is 0 Å². The van der Waals surface area contributed by atoms with E-state index in [4.69, 9.17) is 0 Å². The molecule has 0 heteroatoms. The normalized spacial score (nSPS) is 45.7. The first-order chi connectivity index (χ1) is 6.43. The molecule has 0 saturated heterocycles. The van der Waals surface area contributed by atoms with Gasteiger partial charge in [-0.3, -0.25) is 0 Å². The van der Waals surface area contributed by atoms with Gasteiger partial charge in [0.2, 0.25) is 0 Å². The molecule has 74 valence electrons. The highest BCUT2D eigenvalue weighted by Gasteiger charge is 2.43. The number of hydrogen-bond acceptors (Lipinski definition) is 0. The Bertz CT molecular complexity index is 178. The highest BCUT2D eigenvalue weighted by molar-refractivity contribution is 4.94. The van der Waals surface area contributed by atoms with Gasteiger partial charge in [-0.15, -0.1) is 0 Å². The molecule has 0 N–H and O–H groups in total. The summed E-state index contributed by atoms with van der Waals surface area (Å²) in [6.45, 7) is 0. The van der Waals surface area contributed by atoms with E-state index >= 15 is 0 Å². The van der Waals surface area contributed by atoms with Gasteiger partial charge in [-0.1, -0.05) is 32.1 Å². The first-order valence-electron chi connectivity index (χ1n) is 6.43. The molecule has 3 aliphatic carbocycles. The minimum Gasteiger partial charge on any atom is -0.0533 e. The monoisotopic (exact) mass is 178 g/mol. The average Bonchev–Trinajstić information content (AvgIpc) is 2.96. The average molecular weight is 178 g/mol. The second-order valence-corrected chi connectivity index (χ2v) is 5.73. The number of rotatable bonds is 1. The molecule has 0 aromatic rings. The maximum absolute atomic E-state index is 1.62. The lowest BCUT2D eigenvalue weighted by molar-refractivity contribution is 0.190. The van der Waals surface area contributed by atoms with Crippen molar-refractivity contribution in [3.05, 3.63) is 0 Å². The van der Waals surface area contributed by atoms with Crippen LogP contribution < -0.4 is 0 Å². The molecule has 0 bridgehead atoms. The van der Waals surface area contributed by atoms with Gasteiger partial charge in [-0.25, -0.2) is 0 Å².